The standard InChI is InChI=1S/C8H15NO/c1-2-7-6-10-8(3-1)4-5-9-7/h7-9H,1-6H2/t7-,8-/m0/s1. The number of rotatable bonds is 0. The molecule has 2 aliphatic heterocycles. The lowest BCUT2D eigenvalue weighted by molar-refractivity contribution is 0.0601. The molecule has 0 saturated carbocycles. The Hall–Kier alpha value is -0.0800. The molecule has 2 saturated heterocycles. The molecule has 0 aliphatic carbocycles. The van der Waals surface area contributed by atoms with Crippen molar-refractivity contribution < 1.29 is 4.74 Å². The van der Waals surface area contributed by atoms with Gasteiger partial charge in [0.1, 0.15) is 0 Å². The van der Waals surface area contributed by atoms with Crippen LogP contribution < -0.4 is 5.32 Å². The monoisotopic (exact) mass is 141 g/mol. The van der Waals surface area contributed by atoms with Gasteiger partial charge in [-0.2, -0.15) is 0 Å². The summed E-state index contributed by atoms with van der Waals surface area (Å²) in [7, 11) is 0. The van der Waals surface area contributed by atoms with E-state index in [0.29, 0.717) is 12.1 Å². The topological polar surface area (TPSA) is 21.3 Å². The van der Waals surface area contributed by atoms with Crippen LogP contribution in [0, 0.1) is 0 Å². The summed E-state index contributed by atoms with van der Waals surface area (Å²) in [6.07, 6.45) is 5.74. The Balaban J connectivity index is 2.01. The summed E-state index contributed by atoms with van der Waals surface area (Å²) in [5, 5.41) is 3.49. The molecule has 0 aromatic heterocycles. The highest BCUT2D eigenvalue weighted by molar-refractivity contribution is 4.77. The first kappa shape index (κ1) is 6.62. The van der Waals surface area contributed by atoms with Crippen LogP contribution in [0.25, 0.3) is 0 Å². The maximum atomic E-state index is 5.66. The molecular weight excluding hydrogens is 126 g/mol. The van der Waals surface area contributed by atoms with Crippen LogP contribution >= 0.6 is 0 Å². The highest BCUT2D eigenvalue weighted by Gasteiger charge is 2.22. The summed E-state index contributed by atoms with van der Waals surface area (Å²) in [6.45, 7) is 2.11. The molecular formula is C8H15NO. The number of ether oxygens (including phenoxy) is 1. The van der Waals surface area contributed by atoms with Gasteiger partial charge in [-0.05, 0) is 32.2 Å². The van der Waals surface area contributed by atoms with Gasteiger partial charge in [-0.1, -0.05) is 0 Å². The van der Waals surface area contributed by atoms with Gasteiger partial charge in [-0.15, -0.1) is 0 Å². The third-order valence-electron chi connectivity index (χ3n) is 2.51. The molecule has 2 nitrogen and oxygen atoms in total. The summed E-state index contributed by atoms with van der Waals surface area (Å²) in [6, 6.07) is 0.660. The van der Waals surface area contributed by atoms with Crippen LogP contribution in [-0.2, 0) is 4.74 Å². The number of nitrogens with one attached hydrogen (secondary N) is 1. The van der Waals surface area contributed by atoms with Crippen LogP contribution in [0.15, 0.2) is 0 Å². The van der Waals surface area contributed by atoms with Gasteiger partial charge in [-0.25, -0.2) is 0 Å². The Labute approximate surface area is 61.9 Å². The molecule has 2 rings (SSSR count). The van der Waals surface area contributed by atoms with Crippen LogP contribution in [0.1, 0.15) is 25.7 Å². The molecule has 2 heteroatoms. The first-order valence-electron chi connectivity index (χ1n) is 4.30. The molecule has 2 bridgehead atoms. The molecule has 0 aromatic rings. The fraction of sp³-hybridized carbons (Fsp3) is 1.00. The molecule has 58 valence electrons. The van der Waals surface area contributed by atoms with E-state index in [1.165, 1.54) is 25.7 Å². The minimum Gasteiger partial charge on any atom is -0.377 e. The van der Waals surface area contributed by atoms with Crippen molar-refractivity contribution in [3.05, 3.63) is 0 Å². The van der Waals surface area contributed by atoms with E-state index in [2.05, 4.69) is 5.32 Å². The molecule has 2 fully saturated rings. The van der Waals surface area contributed by atoms with E-state index in [0.717, 1.165) is 13.2 Å². The summed E-state index contributed by atoms with van der Waals surface area (Å²) in [5.74, 6) is 0. The van der Waals surface area contributed by atoms with Gasteiger partial charge in [0.05, 0.1) is 12.7 Å². The molecule has 0 radical (unpaired) electrons. The maximum Gasteiger partial charge on any atom is 0.0623 e. The van der Waals surface area contributed by atoms with Gasteiger partial charge in [0.25, 0.3) is 0 Å². The lowest BCUT2D eigenvalue weighted by Gasteiger charge is -2.14. The minimum atomic E-state index is 0.569. The lowest BCUT2D eigenvalue weighted by Crippen LogP contribution is -2.31. The fourth-order valence-electron chi connectivity index (χ4n) is 1.85. The Morgan fingerprint density at radius 2 is 2.20 bits per heavy atom. The third kappa shape index (κ3) is 1.32. The van der Waals surface area contributed by atoms with E-state index in [1.54, 1.807) is 0 Å². The molecule has 1 N–H and O–H groups in total. The van der Waals surface area contributed by atoms with Crippen molar-refractivity contribution in [2.24, 2.45) is 0 Å². The largest absolute Gasteiger partial charge is 0.377 e. The van der Waals surface area contributed by atoms with Gasteiger partial charge in [-0.3, -0.25) is 0 Å². The molecule has 2 atom stereocenters. The lowest BCUT2D eigenvalue weighted by atomic mass is 10.0. The van der Waals surface area contributed by atoms with Crippen LogP contribution in [0.2, 0.25) is 0 Å². The van der Waals surface area contributed by atoms with Gasteiger partial charge in [0, 0.05) is 6.04 Å². The molecule has 0 amide bonds. The predicted molar refractivity (Wildman–Crippen MR) is 40.0 cm³/mol. The van der Waals surface area contributed by atoms with Crippen LogP contribution in [0.5, 0.6) is 0 Å². The minimum absolute atomic E-state index is 0.569. The number of hydrogen-bond acceptors (Lipinski definition) is 2. The number of fused-ring (bicyclic) bond motifs is 3. The van der Waals surface area contributed by atoms with E-state index < -0.39 is 0 Å². The molecule has 2 aliphatic rings. The van der Waals surface area contributed by atoms with Gasteiger partial charge in [0.15, 0.2) is 0 Å². The first-order chi connectivity index (χ1) is 4.95. The van der Waals surface area contributed by atoms with Crippen molar-refractivity contribution in [1.82, 2.24) is 5.32 Å². The molecule has 0 unspecified atom stereocenters. The van der Waals surface area contributed by atoms with Gasteiger partial charge >= 0.3 is 0 Å². The summed E-state index contributed by atoms with van der Waals surface area (Å²) in [5.41, 5.74) is 0. The average Bonchev–Trinajstić information content (AvgIpc) is 2.17. The van der Waals surface area contributed by atoms with Crippen molar-refractivity contribution in [2.75, 3.05) is 13.2 Å². The van der Waals surface area contributed by atoms with Crippen molar-refractivity contribution >= 4 is 0 Å². The second-order valence-corrected chi connectivity index (χ2v) is 3.33. The highest BCUT2D eigenvalue weighted by atomic mass is 16.5. The predicted octanol–water partition coefficient (Wildman–Crippen LogP) is 0.917. The van der Waals surface area contributed by atoms with Crippen LogP contribution in [0.3, 0.4) is 0 Å². The molecule has 2 heterocycles. The summed E-state index contributed by atoms with van der Waals surface area (Å²) < 4.78 is 5.66. The van der Waals surface area contributed by atoms with Crippen molar-refractivity contribution in [1.29, 1.82) is 0 Å². The van der Waals surface area contributed by atoms with Crippen molar-refractivity contribution in [3.63, 3.8) is 0 Å². The first-order valence-corrected chi connectivity index (χ1v) is 4.30. The Morgan fingerprint density at radius 3 is 3.20 bits per heavy atom. The van der Waals surface area contributed by atoms with Gasteiger partial charge < -0.3 is 10.1 Å². The van der Waals surface area contributed by atoms with E-state index in [1.807, 2.05) is 0 Å². The zero-order valence-corrected chi connectivity index (χ0v) is 6.31. The quantitative estimate of drug-likeness (QED) is 0.541. The molecule has 0 aromatic carbocycles. The third-order valence-corrected chi connectivity index (χ3v) is 2.51. The normalized spacial score (nSPS) is 40.8. The summed E-state index contributed by atoms with van der Waals surface area (Å²) in [4.78, 5) is 0. The van der Waals surface area contributed by atoms with E-state index in [-0.39, 0.29) is 0 Å². The molecule has 0 spiro atoms. The zero-order chi connectivity index (χ0) is 6.81. The Kier molecular flexibility index (Phi) is 1.91. The van der Waals surface area contributed by atoms with E-state index >= 15 is 0 Å². The van der Waals surface area contributed by atoms with E-state index in [9.17, 15) is 0 Å². The Bertz CT molecular complexity index is 93.8. The fourth-order valence-corrected chi connectivity index (χ4v) is 1.85. The smallest absolute Gasteiger partial charge is 0.0623 e. The van der Waals surface area contributed by atoms with Crippen molar-refractivity contribution in [2.45, 2.75) is 37.8 Å². The maximum absolute atomic E-state index is 5.66. The Morgan fingerprint density at radius 1 is 1.20 bits per heavy atom. The van der Waals surface area contributed by atoms with Crippen LogP contribution in [-0.4, -0.2) is 25.3 Å². The van der Waals surface area contributed by atoms with Crippen molar-refractivity contribution in [3.8, 4) is 0 Å². The zero-order valence-electron chi connectivity index (χ0n) is 6.31. The second-order valence-electron chi connectivity index (χ2n) is 3.33. The summed E-state index contributed by atoms with van der Waals surface area (Å²) >= 11 is 0. The number of hydrogen-bond donors (Lipinski definition) is 1. The highest BCUT2D eigenvalue weighted by Crippen LogP contribution is 2.18. The second kappa shape index (κ2) is 2.89. The average molecular weight is 141 g/mol. The molecule has 10 heavy (non-hydrogen) atoms. The van der Waals surface area contributed by atoms with Crippen LogP contribution in [0.4, 0.5) is 0 Å². The van der Waals surface area contributed by atoms with E-state index in [4.69, 9.17) is 4.74 Å². The SMILES string of the molecule is C1C[C@H]2CO[C@@H](C1)CCN2. The van der Waals surface area contributed by atoms with Gasteiger partial charge in [0.2, 0.25) is 0 Å².